The maximum atomic E-state index is 6.53. The van der Waals surface area contributed by atoms with Crippen molar-refractivity contribution in [1.82, 2.24) is 43.6 Å². The van der Waals surface area contributed by atoms with E-state index in [0.29, 0.717) is 17.8 Å². The van der Waals surface area contributed by atoms with Crippen molar-refractivity contribution in [2.24, 2.45) is 0 Å². The van der Waals surface area contributed by atoms with Crippen LogP contribution < -0.4 is 0 Å². The highest BCUT2D eigenvalue weighted by Crippen LogP contribution is 2.51. The van der Waals surface area contributed by atoms with E-state index in [-0.39, 0.29) is 0 Å². The van der Waals surface area contributed by atoms with Crippen LogP contribution in [0.3, 0.4) is 0 Å². The Morgan fingerprint density at radius 3 is 0.782 bits per heavy atom. The van der Waals surface area contributed by atoms with Crippen molar-refractivity contribution in [3.63, 3.8) is 0 Å². The van der Waals surface area contributed by atoms with E-state index in [9.17, 15) is 0 Å². The van der Waals surface area contributed by atoms with Gasteiger partial charge in [-0.15, -0.1) is 56.7 Å². The third kappa shape index (κ3) is 13.9. The lowest BCUT2D eigenvalue weighted by Gasteiger charge is -2.13. The molecule has 0 bridgehead atoms. The first-order chi connectivity index (χ1) is 72.9. The molecule has 0 fully saturated rings. The average molecular weight is 1970 g/mol. The maximum absolute atomic E-state index is 6.53. The van der Waals surface area contributed by atoms with Crippen molar-refractivity contribution in [2.45, 2.75) is 0 Å². The van der Waals surface area contributed by atoms with Crippen LogP contribution in [-0.2, 0) is 0 Å². The molecule has 12 aromatic heterocycles. The van der Waals surface area contributed by atoms with E-state index in [1.54, 1.807) is 0 Å². The normalized spacial score (nSPS) is 11.9. The van der Waals surface area contributed by atoms with Gasteiger partial charge in [0.15, 0.2) is 0 Å². The molecule has 0 saturated heterocycles. The van der Waals surface area contributed by atoms with Crippen LogP contribution in [0.2, 0.25) is 0 Å². The zero-order valence-electron chi connectivity index (χ0n) is 78.4. The number of thiophene rings is 5. The number of hydrogen-bond acceptors (Lipinski definition) is 12. The molecule has 0 saturated carbocycles. The lowest BCUT2D eigenvalue weighted by Crippen LogP contribution is -2.04. The van der Waals surface area contributed by atoms with Crippen LogP contribution in [0, 0.1) is 0 Å². The number of fused-ring (bicyclic) bond motifs is 30. The molecule has 0 unspecified atom stereocenters. The monoisotopic (exact) mass is 1960 g/mol. The molecule has 0 radical (unpaired) electrons. The van der Waals surface area contributed by atoms with Gasteiger partial charge in [0.25, 0.3) is 0 Å². The molecule has 32 aromatic rings. The fraction of sp³-hybridized carbons (Fsp3) is 0. The van der Waals surface area contributed by atoms with E-state index in [4.69, 9.17) is 34.3 Å². The Kier molecular flexibility index (Phi) is 19.8. The zero-order chi connectivity index (χ0) is 96.4. The Bertz CT molecular complexity index is 10600. The van der Waals surface area contributed by atoms with E-state index >= 15 is 0 Å². The van der Waals surface area contributed by atoms with Gasteiger partial charge in [0.1, 0.15) is 11.2 Å². The van der Waals surface area contributed by atoms with Gasteiger partial charge in [0.2, 0.25) is 17.8 Å². The Morgan fingerprint density at radius 1 is 0.163 bits per heavy atom. The molecule has 15 heteroatoms. The summed E-state index contributed by atoms with van der Waals surface area (Å²) in [5, 5.41) is 22.3. The minimum atomic E-state index is 0.620. The highest BCUT2D eigenvalue weighted by molar-refractivity contribution is 7.28. The van der Waals surface area contributed by atoms with Crippen LogP contribution in [0.5, 0.6) is 0 Å². The first-order valence-electron chi connectivity index (χ1n) is 49.2. The Morgan fingerprint density at radius 2 is 0.415 bits per heavy atom. The molecule has 20 aromatic carbocycles. The third-order valence-corrected chi connectivity index (χ3v) is 35.0. The van der Waals surface area contributed by atoms with Crippen molar-refractivity contribution in [1.29, 1.82) is 0 Å². The number of furan rings is 1. The largest absolute Gasteiger partial charge is 0.455 e. The SMILES string of the molecule is c1ccc(-c2cc(-c3cccc4c3sc3ccccc34)nc(-n3c4ccccc4c4c5sc6ccccc6c5ccc43)n2)cc1.c1ccc(-c2ccc(-c3cc(-c4cccc5c4oc4ccccc45)nc(-n4c5ccccc5c5c6sc7ccccc7c6ccc54)n3)cc2)cc1.c1ccc(-c2ccc(-c3cc(-c4cccc5c4sc4ccccc45)nc(-n4c5ccccc5c5c6sc7ccccc7c6ccc54)n3)cc2)cc1. The molecule has 0 aliphatic heterocycles. The number of rotatable bonds is 11. The minimum absolute atomic E-state index is 0.620. The molecule has 0 amide bonds. The molecule has 0 N–H and O–H groups in total. The quantitative estimate of drug-likeness (QED) is 0.127. The van der Waals surface area contributed by atoms with Crippen molar-refractivity contribution in [3.05, 3.63) is 467 Å². The summed E-state index contributed by atoms with van der Waals surface area (Å²) in [5.74, 6) is 1.96. The second kappa shape index (κ2) is 34.4. The van der Waals surface area contributed by atoms with Gasteiger partial charge in [-0.1, -0.05) is 370 Å². The third-order valence-electron chi connectivity index (χ3n) is 29.0. The molecule has 0 aliphatic rings. The van der Waals surface area contributed by atoms with Crippen LogP contribution in [-0.4, -0.2) is 43.6 Å². The molecule has 0 spiro atoms. The average Bonchev–Trinajstić information content (AvgIpc) is 1.56. The fourth-order valence-electron chi connectivity index (χ4n) is 22.2. The molecular weight excluding hydrogens is 1890 g/mol. The Hall–Kier alpha value is -18.1. The van der Waals surface area contributed by atoms with E-state index in [2.05, 4.69) is 457 Å². The second-order valence-corrected chi connectivity index (χ2v) is 42.5. The molecule has 147 heavy (non-hydrogen) atoms. The van der Waals surface area contributed by atoms with Crippen LogP contribution in [0.1, 0.15) is 0 Å². The molecule has 32 rings (SSSR count). The molecule has 10 nitrogen and oxygen atoms in total. The van der Waals surface area contributed by atoms with Crippen LogP contribution in [0.4, 0.5) is 0 Å². The summed E-state index contributed by atoms with van der Waals surface area (Å²) in [6.45, 7) is 0. The first-order valence-corrected chi connectivity index (χ1v) is 53.2. The van der Waals surface area contributed by atoms with Gasteiger partial charge in [0.05, 0.1) is 67.3 Å². The zero-order valence-corrected chi connectivity index (χ0v) is 82.5. The second-order valence-electron chi connectivity index (χ2n) is 37.3. The molecule has 686 valence electrons. The van der Waals surface area contributed by atoms with E-state index < -0.39 is 0 Å². The Balaban J connectivity index is 0.000000102. The van der Waals surface area contributed by atoms with Gasteiger partial charge in [0, 0.05) is 177 Å². The van der Waals surface area contributed by atoms with Gasteiger partial charge >= 0.3 is 0 Å². The predicted octanol–water partition coefficient (Wildman–Crippen LogP) is 37.8. The summed E-state index contributed by atoms with van der Waals surface area (Å²) in [7, 11) is 0. The smallest absolute Gasteiger partial charge is 0.235 e. The number of aromatic nitrogens is 9. The number of benzene rings is 20. The predicted molar refractivity (Wildman–Crippen MR) is 624 cm³/mol. The molecule has 0 atom stereocenters. The number of hydrogen-bond donors (Lipinski definition) is 0. The fourth-order valence-corrected chi connectivity index (χ4v) is 28.4. The summed E-state index contributed by atoms with van der Waals surface area (Å²) in [4.78, 5) is 32.2. The van der Waals surface area contributed by atoms with Crippen molar-refractivity contribution < 1.29 is 4.42 Å². The van der Waals surface area contributed by atoms with Crippen LogP contribution in [0.25, 0.3) is 296 Å². The van der Waals surface area contributed by atoms with Gasteiger partial charge in [-0.05, 0) is 119 Å². The molecule has 0 aliphatic carbocycles. The van der Waals surface area contributed by atoms with Gasteiger partial charge in [-0.2, -0.15) is 0 Å². The summed E-state index contributed by atoms with van der Waals surface area (Å²) in [6.07, 6.45) is 0. The minimum Gasteiger partial charge on any atom is -0.455 e. The standard InChI is InChI=1S/C46H27N3OS.C46H27N3S2.C40H23N3S2/c2*1-2-11-28(12-3-1)29-21-23-30(24-22-29)37-27-38(35-17-10-16-33-31-13-5-8-19-41(31)50-44(33)35)48-46(47-37)49-39-18-7-4-15-36(39)43-40(49)26-25-34-32-14-6-9-20-42(32)51-45(34)43;1-2-11-24(12-3-1)31-23-32(29-17-10-16-27-25-13-5-8-19-35(25)44-38(27)29)42-40(41-31)43-33-18-7-4-15-30(33)37-34(43)22-21-28-26-14-6-9-20-36(26)45-39(28)37/h2*1-27H;1-23H. The van der Waals surface area contributed by atoms with Gasteiger partial charge in [-0.3, -0.25) is 13.7 Å². The summed E-state index contributed by atoms with van der Waals surface area (Å²) >= 11 is 9.24. The molecular formula is C132H77N9OS5. The van der Waals surface area contributed by atoms with Crippen molar-refractivity contribution in [3.8, 4) is 108 Å². The molecule has 12 heterocycles. The van der Waals surface area contributed by atoms with Gasteiger partial charge < -0.3 is 4.42 Å². The number of para-hydroxylation sites is 5. The van der Waals surface area contributed by atoms with E-state index in [0.717, 1.165) is 128 Å². The topological polar surface area (TPSA) is 105 Å². The summed E-state index contributed by atoms with van der Waals surface area (Å²) < 4.78 is 26.1. The summed E-state index contributed by atoms with van der Waals surface area (Å²) in [5.41, 5.74) is 24.6. The lowest BCUT2D eigenvalue weighted by molar-refractivity contribution is 0.670. The van der Waals surface area contributed by atoms with E-state index in [1.807, 2.05) is 80.9 Å². The summed E-state index contributed by atoms with van der Waals surface area (Å²) in [6, 6.07) is 166. The van der Waals surface area contributed by atoms with Crippen LogP contribution >= 0.6 is 56.7 Å². The van der Waals surface area contributed by atoms with E-state index in [1.165, 1.54) is 150 Å². The van der Waals surface area contributed by atoms with Crippen molar-refractivity contribution >= 4 is 245 Å². The first kappa shape index (κ1) is 84.6. The highest BCUT2D eigenvalue weighted by atomic mass is 32.1. The van der Waals surface area contributed by atoms with Crippen molar-refractivity contribution in [2.75, 3.05) is 0 Å². The lowest BCUT2D eigenvalue weighted by atomic mass is 10.0. The number of nitrogens with zero attached hydrogens (tertiary/aromatic N) is 9. The maximum Gasteiger partial charge on any atom is 0.235 e. The highest BCUT2D eigenvalue weighted by Gasteiger charge is 2.28. The van der Waals surface area contributed by atoms with Crippen LogP contribution in [0.15, 0.2) is 472 Å². The Labute approximate surface area is 860 Å². The van der Waals surface area contributed by atoms with Gasteiger partial charge in [-0.25, -0.2) is 29.9 Å².